The molecule has 2 fully saturated rings. The second-order valence-corrected chi connectivity index (χ2v) is 10.4. The number of halogens is 1. The zero-order valence-corrected chi connectivity index (χ0v) is 20.2. The maximum absolute atomic E-state index is 13.6. The molecule has 10 heteroatoms. The number of imide groups is 1. The zero-order valence-electron chi connectivity index (χ0n) is 20.2. The topological polar surface area (TPSA) is 122 Å². The second kappa shape index (κ2) is 8.37. The molecule has 0 aromatic heterocycles. The van der Waals surface area contributed by atoms with Gasteiger partial charge in [0.2, 0.25) is 17.4 Å². The third kappa shape index (κ3) is 3.96. The summed E-state index contributed by atoms with van der Waals surface area (Å²) in [5.41, 5.74) is 7.34. The number of benzene rings is 2. The van der Waals surface area contributed by atoms with E-state index in [-0.39, 0.29) is 30.6 Å². The first kappa shape index (κ1) is 23.6. The maximum Gasteiger partial charge on any atom is 0.418 e. The van der Waals surface area contributed by atoms with Gasteiger partial charge in [-0.3, -0.25) is 14.4 Å². The first-order chi connectivity index (χ1) is 17.7. The molecule has 2 heterocycles. The summed E-state index contributed by atoms with van der Waals surface area (Å²) < 4.78 is 19.3. The molecule has 1 atom stereocenters. The predicted octanol–water partition coefficient (Wildman–Crippen LogP) is 2.35. The normalized spacial score (nSPS) is 23.4. The number of hydrogen-bond acceptors (Lipinski definition) is 6. The molecule has 1 unspecified atom stereocenters. The monoisotopic (exact) mass is 506 g/mol. The van der Waals surface area contributed by atoms with Gasteiger partial charge in [0.05, 0.1) is 5.54 Å². The van der Waals surface area contributed by atoms with Crippen molar-refractivity contribution in [3.63, 3.8) is 0 Å². The molecule has 37 heavy (non-hydrogen) atoms. The zero-order chi connectivity index (χ0) is 25.9. The maximum atomic E-state index is 13.6. The highest BCUT2D eigenvalue weighted by Crippen LogP contribution is 2.46. The molecular weight excluding hydrogens is 479 g/mol. The van der Waals surface area contributed by atoms with Crippen molar-refractivity contribution in [1.82, 2.24) is 9.80 Å². The van der Waals surface area contributed by atoms with E-state index in [2.05, 4.69) is 5.32 Å². The number of carbonyl (C=O) groups is 4. The Hall–Kier alpha value is -3.79. The number of nitrogens with two attached hydrogens (primary N) is 1. The minimum atomic E-state index is -1.47. The van der Waals surface area contributed by atoms with Crippen LogP contribution in [0, 0.1) is 5.82 Å². The van der Waals surface area contributed by atoms with Crippen molar-refractivity contribution < 1.29 is 28.3 Å². The Morgan fingerprint density at radius 3 is 2.62 bits per heavy atom. The number of ether oxygens (including phenoxy) is 1. The van der Waals surface area contributed by atoms with E-state index in [1.54, 1.807) is 29.2 Å². The van der Waals surface area contributed by atoms with E-state index < -0.39 is 29.7 Å². The van der Waals surface area contributed by atoms with E-state index in [1.807, 2.05) is 0 Å². The molecule has 1 saturated carbocycles. The Kier molecular flexibility index (Phi) is 5.34. The van der Waals surface area contributed by atoms with Crippen LogP contribution in [0.25, 0.3) is 0 Å². The molecule has 6 rings (SSSR count). The lowest BCUT2D eigenvalue weighted by Gasteiger charge is -2.24. The van der Waals surface area contributed by atoms with Gasteiger partial charge in [-0.25, -0.2) is 14.1 Å². The summed E-state index contributed by atoms with van der Waals surface area (Å²) in [6, 6.07) is 9.66. The van der Waals surface area contributed by atoms with Crippen molar-refractivity contribution >= 4 is 29.5 Å². The molecule has 0 bridgehead atoms. The van der Waals surface area contributed by atoms with Crippen LogP contribution in [0.2, 0.25) is 0 Å². The summed E-state index contributed by atoms with van der Waals surface area (Å²) in [7, 11) is 0. The third-order valence-electron chi connectivity index (χ3n) is 7.91. The fourth-order valence-electron chi connectivity index (χ4n) is 5.52. The molecule has 4 amide bonds. The predicted molar refractivity (Wildman–Crippen MR) is 130 cm³/mol. The number of anilines is 1. The van der Waals surface area contributed by atoms with Gasteiger partial charge in [0, 0.05) is 30.8 Å². The highest BCUT2D eigenvalue weighted by atomic mass is 19.1. The lowest BCUT2D eigenvalue weighted by atomic mass is 9.94. The molecule has 0 radical (unpaired) electrons. The second-order valence-electron chi connectivity index (χ2n) is 10.4. The number of fused-ring (bicyclic) bond motifs is 3. The summed E-state index contributed by atoms with van der Waals surface area (Å²) in [4.78, 5) is 54.3. The smallest absolute Gasteiger partial charge is 0.418 e. The van der Waals surface area contributed by atoms with Crippen molar-refractivity contribution in [3.8, 4) is 0 Å². The molecule has 3 N–H and O–H groups in total. The van der Waals surface area contributed by atoms with Crippen molar-refractivity contribution in [2.24, 2.45) is 5.73 Å². The van der Waals surface area contributed by atoms with E-state index in [0.717, 1.165) is 21.6 Å². The minimum Gasteiger partial charge on any atom is -0.427 e. The van der Waals surface area contributed by atoms with E-state index in [9.17, 15) is 23.6 Å². The van der Waals surface area contributed by atoms with E-state index in [4.69, 9.17) is 10.5 Å². The standard InChI is InChI=1S/C27H27FN4O5/c28-19-4-3-18-14-31(11-1-2-16(18)12-19)22(33)15-32-24(35)27(37-25(32)36)8-7-17-13-20(5-6-21(17)27)30-23(34)26(29)9-10-26/h3-6,12-13H,1-2,7-11,14-15,29H2,(H,30,34). The quantitative estimate of drug-likeness (QED) is 0.657. The van der Waals surface area contributed by atoms with Gasteiger partial charge in [-0.1, -0.05) is 12.1 Å². The van der Waals surface area contributed by atoms with Gasteiger partial charge in [0.1, 0.15) is 12.4 Å². The Morgan fingerprint density at radius 1 is 1.03 bits per heavy atom. The molecule has 4 aliphatic rings. The largest absolute Gasteiger partial charge is 0.427 e. The molecule has 2 aliphatic carbocycles. The van der Waals surface area contributed by atoms with Crippen LogP contribution < -0.4 is 11.1 Å². The molecular formula is C27H27FN4O5. The Bertz CT molecular complexity index is 1360. The van der Waals surface area contributed by atoms with Crippen LogP contribution in [0.1, 0.15) is 47.9 Å². The van der Waals surface area contributed by atoms with Crippen molar-refractivity contribution in [2.75, 3.05) is 18.4 Å². The summed E-state index contributed by atoms with van der Waals surface area (Å²) in [6.45, 7) is 0.314. The first-order valence-electron chi connectivity index (χ1n) is 12.5. The number of aryl methyl sites for hydroxylation is 2. The van der Waals surface area contributed by atoms with Gasteiger partial charge >= 0.3 is 6.09 Å². The molecule has 1 saturated heterocycles. The Balaban J connectivity index is 1.17. The number of amides is 4. The summed E-state index contributed by atoms with van der Waals surface area (Å²) in [5, 5.41) is 2.82. The fourth-order valence-corrected chi connectivity index (χ4v) is 5.52. The van der Waals surface area contributed by atoms with Crippen LogP contribution in [-0.4, -0.2) is 52.2 Å². The molecule has 9 nitrogen and oxygen atoms in total. The van der Waals surface area contributed by atoms with Crippen molar-refractivity contribution in [2.45, 2.75) is 56.2 Å². The van der Waals surface area contributed by atoms with E-state index in [1.165, 1.54) is 12.1 Å². The van der Waals surface area contributed by atoms with Crippen molar-refractivity contribution in [1.29, 1.82) is 0 Å². The summed E-state index contributed by atoms with van der Waals surface area (Å²) >= 11 is 0. The number of rotatable bonds is 4. The van der Waals surface area contributed by atoms with Gasteiger partial charge < -0.3 is 20.7 Å². The van der Waals surface area contributed by atoms with Gasteiger partial charge in [-0.05, 0) is 73.1 Å². The van der Waals surface area contributed by atoms with Gasteiger partial charge in [-0.15, -0.1) is 0 Å². The molecule has 2 aromatic rings. The minimum absolute atomic E-state index is 0.241. The highest BCUT2D eigenvalue weighted by Gasteiger charge is 2.58. The first-order valence-corrected chi connectivity index (χ1v) is 12.5. The van der Waals surface area contributed by atoms with Crippen LogP contribution in [0.5, 0.6) is 0 Å². The van der Waals surface area contributed by atoms with Crippen molar-refractivity contribution in [3.05, 3.63) is 64.5 Å². The Labute approximate surface area is 212 Å². The van der Waals surface area contributed by atoms with Crippen LogP contribution in [0.4, 0.5) is 14.9 Å². The van der Waals surface area contributed by atoms with E-state index >= 15 is 0 Å². The van der Waals surface area contributed by atoms with Gasteiger partial charge in [-0.2, -0.15) is 0 Å². The highest BCUT2D eigenvalue weighted by molar-refractivity contribution is 6.06. The van der Waals surface area contributed by atoms with Gasteiger partial charge in [0.15, 0.2) is 0 Å². The molecule has 192 valence electrons. The number of nitrogens with one attached hydrogen (secondary N) is 1. The van der Waals surface area contributed by atoms with E-state index in [0.29, 0.717) is 49.9 Å². The number of carbonyl (C=O) groups excluding carboxylic acids is 4. The fraction of sp³-hybridized carbons (Fsp3) is 0.407. The average molecular weight is 507 g/mol. The SMILES string of the molecule is NC1(C(=O)Nc2ccc3c(c2)CCC32OC(=O)N(CC(=O)N3CCCc4cc(F)ccc4C3)C2=O)CC1. The molecule has 2 aromatic carbocycles. The van der Waals surface area contributed by atoms with Crippen LogP contribution in [-0.2, 0) is 44.1 Å². The lowest BCUT2D eigenvalue weighted by Crippen LogP contribution is -2.44. The summed E-state index contributed by atoms with van der Waals surface area (Å²) in [5.74, 6) is -1.48. The number of nitrogens with zero attached hydrogens (tertiary/aromatic N) is 2. The van der Waals surface area contributed by atoms with Gasteiger partial charge in [0.25, 0.3) is 5.91 Å². The van der Waals surface area contributed by atoms with Crippen LogP contribution >= 0.6 is 0 Å². The lowest BCUT2D eigenvalue weighted by molar-refractivity contribution is -0.142. The molecule has 1 spiro atoms. The molecule has 2 aliphatic heterocycles. The third-order valence-corrected chi connectivity index (χ3v) is 7.91. The number of hydrogen-bond donors (Lipinski definition) is 2. The Morgan fingerprint density at radius 2 is 1.84 bits per heavy atom. The van der Waals surface area contributed by atoms with Crippen LogP contribution in [0.15, 0.2) is 36.4 Å². The average Bonchev–Trinajstić information content (AvgIpc) is 3.53. The van der Waals surface area contributed by atoms with Crippen LogP contribution in [0.3, 0.4) is 0 Å². The summed E-state index contributed by atoms with van der Waals surface area (Å²) in [6.07, 6.45) is 2.49.